The summed E-state index contributed by atoms with van der Waals surface area (Å²) in [6.07, 6.45) is 1.50. The molecule has 0 spiro atoms. The fourth-order valence-corrected chi connectivity index (χ4v) is 3.25. The largest absolute Gasteiger partial charge is 0.362 e. The molecule has 124 valence electrons. The summed E-state index contributed by atoms with van der Waals surface area (Å²) in [5.74, 6) is 2.16. The third-order valence-electron chi connectivity index (χ3n) is 3.36. The van der Waals surface area contributed by atoms with Gasteiger partial charge in [0.2, 0.25) is 0 Å². The van der Waals surface area contributed by atoms with E-state index in [1.807, 2.05) is 42.1 Å². The van der Waals surface area contributed by atoms with E-state index in [-0.39, 0.29) is 0 Å². The average molecular weight is 356 g/mol. The molecule has 0 radical (unpaired) electrons. The molecule has 5 heteroatoms. The van der Waals surface area contributed by atoms with Gasteiger partial charge in [0.15, 0.2) is 5.11 Å². The molecule has 2 N–H and O–H groups in total. The van der Waals surface area contributed by atoms with E-state index in [9.17, 15) is 0 Å². The number of hydrogen-bond acceptors (Lipinski definition) is 3. The maximum absolute atomic E-state index is 8.66. The summed E-state index contributed by atoms with van der Waals surface area (Å²) in [5.41, 5.74) is 3.32. The Morgan fingerprint density at radius 1 is 1.04 bits per heavy atom. The van der Waals surface area contributed by atoms with Gasteiger partial charge in [-0.3, -0.25) is 0 Å². The van der Waals surface area contributed by atoms with Crippen molar-refractivity contribution < 1.29 is 0 Å². The van der Waals surface area contributed by atoms with E-state index >= 15 is 0 Å². The molecule has 2 aromatic carbocycles. The van der Waals surface area contributed by atoms with E-state index in [1.165, 1.54) is 5.56 Å². The minimum atomic E-state index is 0.434. The van der Waals surface area contributed by atoms with Crippen LogP contribution in [0.4, 0.5) is 5.69 Å². The van der Waals surface area contributed by atoms with Crippen molar-refractivity contribution >= 4 is 34.8 Å². The highest BCUT2D eigenvalue weighted by molar-refractivity contribution is 7.98. The normalized spacial score (nSPS) is 9.96. The Kier molecular flexibility index (Phi) is 8.16. The number of hydrogen-bond donors (Lipinski definition) is 2. The Labute approximate surface area is 153 Å². The summed E-state index contributed by atoms with van der Waals surface area (Å²) >= 11 is 7.23. The first-order valence-electron chi connectivity index (χ1n) is 7.90. The molecule has 0 unspecified atom stereocenters. The molecule has 0 heterocycles. The first kappa shape index (κ1) is 18.3. The highest BCUT2D eigenvalue weighted by Crippen LogP contribution is 2.12. The van der Waals surface area contributed by atoms with Crippen LogP contribution >= 0.6 is 24.0 Å². The molecule has 0 amide bonds. The van der Waals surface area contributed by atoms with Crippen molar-refractivity contribution in [1.29, 1.82) is 5.26 Å². The smallest absolute Gasteiger partial charge is 0.170 e. The van der Waals surface area contributed by atoms with Crippen LogP contribution in [0.25, 0.3) is 0 Å². The third kappa shape index (κ3) is 7.03. The topological polar surface area (TPSA) is 47.9 Å². The maximum Gasteiger partial charge on any atom is 0.170 e. The number of nitrogens with zero attached hydrogens (tertiary/aromatic N) is 1. The maximum atomic E-state index is 8.66. The molecule has 0 saturated heterocycles. The minimum Gasteiger partial charge on any atom is -0.362 e. The number of thioether (sulfide) groups is 1. The van der Waals surface area contributed by atoms with Crippen LogP contribution in [0.5, 0.6) is 0 Å². The van der Waals surface area contributed by atoms with Crippen molar-refractivity contribution in [3.05, 3.63) is 65.7 Å². The second-order valence-corrected chi connectivity index (χ2v) is 6.82. The zero-order valence-electron chi connectivity index (χ0n) is 13.5. The molecule has 0 fully saturated rings. The average Bonchev–Trinajstić information content (AvgIpc) is 2.61. The fourth-order valence-electron chi connectivity index (χ4n) is 2.11. The lowest BCUT2D eigenvalue weighted by Crippen LogP contribution is -2.29. The highest BCUT2D eigenvalue weighted by atomic mass is 32.2. The SMILES string of the molecule is N#CCc1ccc(NC(=S)NCCCSCc2ccccc2)cc1. The van der Waals surface area contributed by atoms with Gasteiger partial charge in [-0.25, -0.2) is 0 Å². The van der Waals surface area contributed by atoms with Gasteiger partial charge in [0, 0.05) is 18.0 Å². The molecule has 3 nitrogen and oxygen atoms in total. The zero-order chi connectivity index (χ0) is 17.0. The van der Waals surface area contributed by atoms with Gasteiger partial charge in [-0.2, -0.15) is 17.0 Å². The molecule has 0 aromatic heterocycles. The van der Waals surface area contributed by atoms with Gasteiger partial charge < -0.3 is 10.6 Å². The number of nitrogens with one attached hydrogen (secondary N) is 2. The van der Waals surface area contributed by atoms with Crippen LogP contribution in [0.2, 0.25) is 0 Å². The minimum absolute atomic E-state index is 0.434. The van der Waals surface area contributed by atoms with E-state index < -0.39 is 0 Å². The molecule has 24 heavy (non-hydrogen) atoms. The molecule has 2 rings (SSSR count). The van der Waals surface area contributed by atoms with Crippen molar-refractivity contribution in [2.45, 2.75) is 18.6 Å². The van der Waals surface area contributed by atoms with Gasteiger partial charge in [-0.1, -0.05) is 42.5 Å². The molecule has 2 aromatic rings. The van der Waals surface area contributed by atoms with Crippen LogP contribution in [0, 0.1) is 11.3 Å². The first-order valence-corrected chi connectivity index (χ1v) is 9.46. The predicted octanol–water partition coefficient (Wildman–Crippen LogP) is 4.36. The fraction of sp³-hybridized carbons (Fsp3) is 0.263. The van der Waals surface area contributed by atoms with Crippen LogP contribution in [-0.2, 0) is 12.2 Å². The van der Waals surface area contributed by atoms with Crippen molar-refractivity contribution in [2.24, 2.45) is 0 Å². The summed E-state index contributed by atoms with van der Waals surface area (Å²) in [6.45, 7) is 0.861. The molecule has 0 bridgehead atoms. The number of nitriles is 1. The number of benzene rings is 2. The summed E-state index contributed by atoms with van der Waals surface area (Å²) < 4.78 is 0. The van der Waals surface area contributed by atoms with Crippen molar-refractivity contribution in [2.75, 3.05) is 17.6 Å². The zero-order valence-corrected chi connectivity index (χ0v) is 15.1. The molecule has 0 aliphatic heterocycles. The third-order valence-corrected chi connectivity index (χ3v) is 4.72. The van der Waals surface area contributed by atoms with Crippen LogP contribution in [-0.4, -0.2) is 17.4 Å². The Morgan fingerprint density at radius 2 is 1.79 bits per heavy atom. The quantitative estimate of drug-likeness (QED) is 0.544. The summed E-state index contributed by atoms with van der Waals surface area (Å²) in [6, 6.07) is 20.4. The van der Waals surface area contributed by atoms with Crippen molar-refractivity contribution in [1.82, 2.24) is 5.32 Å². The van der Waals surface area contributed by atoms with E-state index in [2.05, 4.69) is 41.0 Å². The predicted molar refractivity (Wildman–Crippen MR) is 107 cm³/mol. The van der Waals surface area contributed by atoms with Gasteiger partial charge in [0.05, 0.1) is 12.5 Å². The van der Waals surface area contributed by atoms with Crippen LogP contribution in [0.15, 0.2) is 54.6 Å². The van der Waals surface area contributed by atoms with Gasteiger partial charge in [0.1, 0.15) is 0 Å². The Balaban J connectivity index is 1.57. The Hall–Kier alpha value is -2.03. The monoisotopic (exact) mass is 355 g/mol. The van der Waals surface area contributed by atoms with Crippen molar-refractivity contribution in [3.8, 4) is 6.07 Å². The standard InChI is InChI=1S/C19H21N3S2/c20-12-11-16-7-9-18(10-8-16)22-19(23)21-13-4-14-24-15-17-5-2-1-3-6-17/h1-3,5-10H,4,11,13-15H2,(H2,21,22,23). The van der Waals surface area contributed by atoms with E-state index in [4.69, 9.17) is 17.5 Å². The molecular weight excluding hydrogens is 334 g/mol. The lowest BCUT2D eigenvalue weighted by molar-refractivity contribution is 0.854. The Morgan fingerprint density at radius 3 is 2.50 bits per heavy atom. The molecular formula is C19H21N3S2. The van der Waals surface area contributed by atoms with Gasteiger partial charge >= 0.3 is 0 Å². The number of rotatable bonds is 8. The van der Waals surface area contributed by atoms with E-state index in [1.54, 1.807) is 0 Å². The van der Waals surface area contributed by atoms with E-state index in [0.29, 0.717) is 11.5 Å². The lowest BCUT2D eigenvalue weighted by atomic mass is 10.1. The number of thiocarbonyl (C=S) groups is 1. The van der Waals surface area contributed by atoms with Gasteiger partial charge in [-0.15, -0.1) is 0 Å². The number of anilines is 1. The van der Waals surface area contributed by atoms with Gasteiger partial charge in [0.25, 0.3) is 0 Å². The molecule has 0 aliphatic carbocycles. The first-order chi connectivity index (χ1) is 11.8. The van der Waals surface area contributed by atoms with Crippen LogP contribution in [0.3, 0.4) is 0 Å². The van der Waals surface area contributed by atoms with E-state index in [0.717, 1.165) is 35.7 Å². The van der Waals surface area contributed by atoms with Crippen LogP contribution < -0.4 is 10.6 Å². The summed E-state index contributed by atoms with van der Waals surface area (Å²) in [5, 5.41) is 15.7. The summed E-state index contributed by atoms with van der Waals surface area (Å²) in [4.78, 5) is 0. The van der Waals surface area contributed by atoms with Crippen LogP contribution in [0.1, 0.15) is 17.5 Å². The lowest BCUT2D eigenvalue weighted by Gasteiger charge is -2.10. The molecule has 0 atom stereocenters. The Bertz CT molecular complexity index is 663. The summed E-state index contributed by atoms with van der Waals surface area (Å²) in [7, 11) is 0. The molecule has 0 aliphatic rings. The van der Waals surface area contributed by atoms with Gasteiger partial charge in [-0.05, 0) is 47.7 Å². The van der Waals surface area contributed by atoms with Crippen molar-refractivity contribution in [3.63, 3.8) is 0 Å². The second-order valence-electron chi connectivity index (χ2n) is 5.30. The molecule has 0 saturated carbocycles. The highest BCUT2D eigenvalue weighted by Gasteiger charge is 1.98. The second kappa shape index (κ2) is 10.7.